The highest BCUT2D eigenvalue weighted by Gasteiger charge is 2.36. The van der Waals surface area contributed by atoms with Gasteiger partial charge in [0.1, 0.15) is 0 Å². The number of benzene rings is 1. The summed E-state index contributed by atoms with van der Waals surface area (Å²) in [6, 6.07) is 7.70. The van der Waals surface area contributed by atoms with Crippen LogP contribution < -0.4 is 5.32 Å². The Morgan fingerprint density at radius 3 is 2.62 bits per heavy atom. The van der Waals surface area contributed by atoms with E-state index in [-0.39, 0.29) is 17.7 Å². The predicted octanol–water partition coefficient (Wildman–Crippen LogP) is 4.49. The fourth-order valence-corrected chi connectivity index (χ4v) is 7.50. The molecule has 0 bridgehead atoms. The third-order valence-corrected chi connectivity index (χ3v) is 8.15. The van der Waals surface area contributed by atoms with Crippen molar-refractivity contribution in [3.8, 4) is 0 Å². The summed E-state index contributed by atoms with van der Waals surface area (Å²) in [5.74, 6) is 0.0434. The van der Waals surface area contributed by atoms with Gasteiger partial charge in [0.2, 0.25) is 5.91 Å². The summed E-state index contributed by atoms with van der Waals surface area (Å²) in [6.07, 6.45) is 0.328. The molecule has 2 aliphatic rings. The van der Waals surface area contributed by atoms with Crippen LogP contribution in [0, 0.1) is 0 Å². The molecule has 2 aromatic rings. The lowest BCUT2D eigenvalue weighted by molar-refractivity contribution is -0.123. The van der Waals surface area contributed by atoms with Crippen molar-refractivity contribution in [3.63, 3.8) is 0 Å². The predicted molar refractivity (Wildman–Crippen MR) is 123 cm³/mol. The summed E-state index contributed by atoms with van der Waals surface area (Å²) in [6.45, 7) is 4.74. The van der Waals surface area contributed by atoms with Crippen molar-refractivity contribution in [1.82, 2.24) is 15.1 Å². The van der Waals surface area contributed by atoms with Gasteiger partial charge in [-0.1, -0.05) is 23.7 Å². The molecule has 9 heteroatoms. The maximum atomic E-state index is 12.6. The first-order valence-electron chi connectivity index (χ1n) is 9.40. The fourth-order valence-electron chi connectivity index (χ4n) is 3.91. The minimum atomic E-state index is -0.244. The number of ketones is 1. The second-order valence-electron chi connectivity index (χ2n) is 7.37. The van der Waals surface area contributed by atoms with Crippen LogP contribution in [0.4, 0.5) is 0 Å². The molecule has 154 valence electrons. The Kier molecular flexibility index (Phi) is 6.78. The van der Waals surface area contributed by atoms with Gasteiger partial charge in [0, 0.05) is 55.3 Å². The third-order valence-electron chi connectivity index (χ3n) is 5.34. The summed E-state index contributed by atoms with van der Waals surface area (Å²) >= 11 is 14.5. The van der Waals surface area contributed by atoms with Crippen LogP contribution in [0.1, 0.15) is 33.9 Å². The lowest BCUT2D eigenvalue weighted by Gasteiger charge is -2.34. The molecular weight excluding hydrogens is 542 g/mol. The van der Waals surface area contributed by atoms with Gasteiger partial charge < -0.3 is 5.32 Å². The number of hydrogen-bond donors (Lipinski definition) is 1. The topological polar surface area (TPSA) is 52.7 Å². The molecule has 4 rings (SSSR count). The van der Waals surface area contributed by atoms with E-state index in [4.69, 9.17) is 11.6 Å². The second kappa shape index (κ2) is 9.16. The number of rotatable bonds is 5. The first-order valence-corrected chi connectivity index (χ1v) is 12.2. The quantitative estimate of drug-likeness (QED) is 0.585. The molecule has 1 aromatic carbocycles. The summed E-state index contributed by atoms with van der Waals surface area (Å²) in [7, 11) is 0. The van der Waals surface area contributed by atoms with Crippen molar-refractivity contribution in [3.05, 3.63) is 53.6 Å². The maximum Gasteiger partial charge on any atom is 0.234 e. The smallest absolute Gasteiger partial charge is 0.234 e. The van der Waals surface area contributed by atoms with Crippen LogP contribution >= 0.6 is 54.8 Å². The highest BCUT2D eigenvalue weighted by molar-refractivity contribution is 9.12. The largest absolute Gasteiger partial charge is 0.348 e. The SMILES string of the molecule is O=C(CN1CCN(Cc2cccc(Cl)c2)CC1)NC1CC(=O)c2c(Br)sc(Br)c21. The second-order valence-corrected chi connectivity index (χ2v) is 11.5. The van der Waals surface area contributed by atoms with E-state index in [9.17, 15) is 9.59 Å². The van der Waals surface area contributed by atoms with Gasteiger partial charge in [0.05, 0.1) is 20.2 Å². The van der Waals surface area contributed by atoms with Crippen LogP contribution in [0.3, 0.4) is 0 Å². The van der Waals surface area contributed by atoms with Crippen LogP contribution in [0.5, 0.6) is 0 Å². The molecule has 29 heavy (non-hydrogen) atoms. The van der Waals surface area contributed by atoms with E-state index in [0.29, 0.717) is 18.5 Å². The average molecular weight is 562 g/mol. The van der Waals surface area contributed by atoms with Crippen LogP contribution in [0.25, 0.3) is 0 Å². The molecule has 1 aliphatic carbocycles. The molecule has 2 heterocycles. The molecule has 1 aromatic heterocycles. The molecule has 1 aliphatic heterocycles. The Morgan fingerprint density at radius 2 is 1.90 bits per heavy atom. The highest BCUT2D eigenvalue weighted by atomic mass is 79.9. The van der Waals surface area contributed by atoms with Gasteiger partial charge in [-0.2, -0.15) is 0 Å². The number of thiophene rings is 1. The monoisotopic (exact) mass is 559 g/mol. The molecule has 1 amide bonds. The van der Waals surface area contributed by atoms with Gasteiger partial charge in [0.25, 0.3) is 0 Å². The van der Waals surface area contributed by atoms with E-state index in [1.807, 2.05) is 18.2 Å². The Bertz CT molecular complexity index is 944. The van der Waals surface area contributed by atoms with Gasteiger partial charge in [-0.3, -0.25) is 19.4 Å². The number of nitrogens with one attached hydrogen (secondary N) is 1. The standard InChI is InChI=1S/C20H20Br2ClN3O2S/c21-19-17-14(9-15(27)18(17)20(22)29-19)24-16(28)11-26-6-4-25(5-7-26)10-12-2-1-3-13(23)8-12/h1-3,8,14H,4-7,9-11H2,(H,24,28). The molecule has 1 fully saturated rings. The van der Waals surface area contributed by atoms with Gasteiger partial charge in [-0.25, -0.2) is 0 Å². The lowest BCUT2D eigenvalue weighted by atomic mass is 10.2. The molecule has 0 radical (unpaired) electrons. The molecule has 0 saturated carbocycles. The summed E-state index contributed by atoms with van der Waals surface area (Å²) in [4.78, 5) is 29.4. The molecule has 1 unspecified atom stereocenters. The zero-order valence-electron chi connectivity index (χ0n) is 15.6. The Balaban J connectivity index is 1.27. The molecule has 0 spiro atoms. The number of Topliss-reactive ketones (excluding diaryl/α,β-unsaturated/α-hetero) is 1. The lowest BCUT2D eigenvalue weighted by Crippen LogP contribution is -2.49. The van der Waals surface area contributed by atoms with E-state index in [1.165, 1.54) is 16.9 Å². The molecule has 1 saturated heterocycles. The number of halogens is 3. The Morgan fingerprint density at radius 1 is 1.17 bits per heavy atom. The normalized spacial score (nSPS) is 20.1. The number of carbonyl (C=O) groups is 2. The van der Waals surface area contributed by atoms with Gasteiger partial charge >= 0.3 is 0 Å². The fraction of sp³-hybridized carbons (Fsp3) is 0.400. The van der Waals surface area contributed by atoms with E-state index in [2.05, 4.69) is 53.0 Å². The van der Waals surface area contributed by atoms with Crippen molar-refractivity contribution in [2.24, 2.45) is 0 Å². The molecule has 1 atom stereocenters. The highest BCUT2D eigenvalue weighted by Crippen LogP contribution is 2.46. The number of piperazine rings is 1. The van der Waals surface area contributed by atoms with E-state index < -0.39 is 0 Å². The average Bonchev–Trinajstić information content (AvgIpc) is 3.15. The van der Waals surface area contributed by atoms with E-state index >= 15 is 0 Å². The van der Waals surface area contributed by atoms with Crippen LogP contribution in [-0.2, 0) is 11.3 Å². The minimum Gasteiger partial charge on any atom is -0.348 e. The maximum absolute atomic E-state index is 12.6. The van der Waals surface area contributed by atoms with Crippen LogP contribution in [0.2, 0.25) is 5.02 Å². The number of nitrogens with zero attached hydrogens (tertiary/aromatic N) is 2. The van der Waals surface area contributed by atoms with Gasteiger partial charge in [0.15, 0.2) is 5.78 Å². The van der Waals surface area contributed by atoms with Crippen molar-refractivity contribution < 1.29 is 9.59 Å². The van der Waals surface area contributed by atoms with Crippen molar-refractivity contribution in [2.45, 2.75) is 19.0 Å². The van der Waals surface area contributed by atoms with Crippen LogP contribution in [0.15, 0.2) is 31.8 Å². The molecule has 1 N–H and O–H groups in total. The van der Waals surface area contributed by atoms with Gasteiger partial charge in [-0.15, -0.1) is 11.3 Å². The van der Waals surface area contributed by atoms with Crippen LogP contribution in [-0.4, -0.2) is 54.2 Å². The van der Waals surface area contributed by atoms with Gasteiger partial charge in [-0.05, 0) is 49.6 Å². The summed E-state index contributed by atoms with van der Waals surface area (Å²) < 4.78 is 1.74. The number of fused-ring (bicyclic) bond motifs is 1. The van der Waals surface area contributed by atoms with Crippen molar-refractivity contribution >= 4 is 66.5 Å². The minimum absolute atomic E-state index is 0.0341. The first kappa shape index (κ1) is 21.5. The van der Waals surface area contributed by atoms with Crippen molar-refractivity contribution in [1.29, 1.82) is 0 Å². The Hall–Kier alpha value is -0.770. The summed E-state index contributed by atoms with van der Waals surface area (Å²) in [5.41, 5.74) is 2.83. The molecule has 5 nitrogen and oxygen atoms in total. The van der Waals surface area contributed by atoms with Crippen molar-refractivity contribution in [2.75, 3.05) is 32.7 Å². The zero-order chi connectivity index (χ0) is 20.5. The number of carbonyl (C=O) groups excluding carboxylic acids is 2. The Labute approximate surface area is 195 Å². The first-order chi connectivity index (χ1) is 13.9. The third kappa shape index (κ3) is 4.94. The number of hydrogen-bond acceptors (Lipinski definition) is 5. The molecular formula is C20H20Br2ClN3O2S. The number of amides is 1. The zero-order valence-corrected chi connectivity index (χ0v) is 20.3. The summed E-state index contributed by atoms with van der Waals surface area (Å²) in [5, 5.41) is 3.81. The van der Waals surface area contributed by atoms with E-state index in [1.54, 1.807) is 0 Å². The van der Waals surface area contributed by atoms with E-state index in [0.717, 1.165) is 50.9 Å².